The molecule has 0 aromatic heterocycles. The Kier molecular flexibility index (Phi) is 5.42. The summed E-state index contributed by atoms with van der Waals surface area (Å²) in [4.78, 5) is 12.6. The van der Waals surface area contributed by atoms with Crippen molar-refractivity contribution >= 4 is 5.97 Å². The molecule has 11 heteroatoms. The van der Waals surface area contributed by atoms with Crippen LogP contribution in [0.3, 0.4) is 0 Å². The van der Waals surface area contributed by atoms with E-state index in [1.807, 2.05) is 0 Å². The van der Waals surface area contributed by atoms with E-state index in [4.69, 9.17) is 4.74 Å². The van der Waals surface area contributed by atoms with Crippen LogP contribution in [0.25, 0.3) is 0 Å². The molecule has 0 saturated carbocycles. The van der Waals surface area contributed by atoms with Gasteiger partial charge >= 0.3 is 24.2 Å². The van der Waals surface area contributed by atoms with Gasteiger partial charge in [-0.15, -0.1) is 0 Å². The van der Waals surface area contributed by atoms with Gasteiger partial charge in [-0.25, -0.2) is 0 Å². The monoisotopic (exact) mass is 327 g/mol. The Labute approximate surface area is 114 Å². The average Bonchev–Trinajstić information content (AvgIpc) is 2.35. The fraction of sp³-hybridized carbons (Fsp3) is 0.900. The smallest absolute Gasteiger partial charge is 0.412 e. The van der Waals surface area contributed by atoms with Crippen LogP contribution < -0.4 is 0 Å². The van der Waals surface area contributed by atoms with E-state index in [-0.39, 0.29) is 6.54 Å². The molecule has 1 aliphatic rings. The summed E-state index contributed by atoms with van der Waals surface area (Å²) in [5.74, 6) is -7.92. The van der Waals surface area contributed by atoms with E-state index in [2.05, 4.69) is 4.74 Å². The lowest BCUT2D eigenvalue weighted by Crippen LogP contribution is -2.56. The maximum absolute atomic E-state index is 13.1. The summed E-state index contributed by atoms with van der Waals surface area (Å²) in [5, 5.41) is 0. The van der Waals surface area contributed by atoms with Crippen LogP contribution in [0.1, 0.15) is 6.42 Å². The Bertz CT molecular complexity index is 349. The molecule has 0 atom stereocenters. The number of ether oxygens (including phenoxy) is 2. The predicted octanol–water partition coefficient (Wildman–Crippen LogP) is 2.04. The molecule has 1 aliphatic heterocycles. The van der Waals surface area contributed by atoms with Crippen molar-refractivity contribution in [1.29, 1.82) is 0 Å². The zero-order valence-electron chi connectivity index (χ0n) is 10.6. The number of hydrogen-bond donors (Lipinski definition) is 0. The third-order valence-electron chi connectivity index (χ3n) is 2.72. The number of hydrogen-bond acceptors (Lipinski definition) is 4. The van der Waals surface area contributed by atoms with Gasteiger partial charge in [-0.05, 0) is 0 Å². The quantitative estimate of drug-likeness (QED) is 0.585. The second kappa shape index (κ2) is 6.34. The molecule has 0 bridgehead atoms. The molecule has 124 valence electrons. The molecular weight excluding hydrogens is 315 g/mol. The molecule has 1 heterocycles. The van der Waals surface area contributed by atoms with E-state index in [1.54, 1.807) is 4.90 Å². The van der Waals surface area contributed by atoms with E-state index in [9.17, 15) is 35.5 Å². The molecule has 0 radical (unpaired) electrons. The maximum atomic E-state index is 13.1. The fourth-order valence-corrected chi connectivity index (χ4v) is 1.56. The molecule has 0 spiro atoms. The Hall–Kier alpha value is -1.10. The van der Waals surface area contributed by atoms with Crippen molar-refractivity contribution in [2.24, 2.45) is 0 Å². The molecule has 0 N–H and O–H groups in total. The first-order valence-electron chi connectivity index (χ1n) is 5.81. The summed E-state index contributed by atoms with van der Waals surface area (Å²) >= 11 is 0. The van der Waals surface area contributed by atoms with Crippen molar-refractivity contribution in [1.82, 2.24) is 4.90 Å². The van der Waals surface area contributed by atoms with Crippen LogP contribution in [-0.4, -0.2) is 61.9 Å². The zero-order chi connectivity index (χ0) is 16.3. The molecule has 1 fully saturated rings. The summed E-state index contributed by atoms with van der Waals surface area (Å²) in [7, 11) is 0. The Morgan fingerprint density at radius 2 is 1.48 bits per heavy atom. The SMILES string of the molecule is O=C(CCN1CCOCC1)OC(F)(C(F)(F)F)C(F)(F)F. The van der Waals surface area contributed by atoms with Crippen molar-refractivity contribution in [3.8, 4) is 0 Å². The van der Waals surface area contributed by atoms with Gasteiger partial charge in [-0.2, -0.15) is 30.7 Å². The molecule has 0 aromatic carbocycles. The number of rotatable bonds is 4. The zero-order valence-corrected chi connectivity index (χ0v) is 10.6. The van der Waals surface area contributed by atoms with Gasteiger partial charge in [0.05, 0.1) is 19.6 Å². The van der Waals surface area contributed by atoms with Crippen LogP contribution in [-0.2, 0) is 14.3 Å². The molecule has 0 aliphatic carbocycles. The Morgan fingerprint density at radius 3 is 1.90 bits per heavy atom. The van der Waals surface area contributed by atoms with E-state index in [1.165, 1.54) is 0 Å². The van der Waals surface area contributed by atoms with E-state index >= 15 is 0 Å². The lowest BCUT2D eigenvalue weighted by Gasteiger charge is -2.30. The van der Waals surface area contributed by atoms with Gasteiger partial charge in [0.1, 0.15) is 0 Å². The highest BCUT2D eigenvalue weighted by Gasteiger charge is 2.76. The van der Waals surface area contributed by atoms with E-state index in [0.717, 1.165) is 0 Å². The Morgan fingerprint density at radius 1 is 1.00 bits per heavy atom. The van der Waals surface area contributed by atoms with Crippen LogP contribution in [0.5, 0.6) is 0 Å². The molecule has 0 amide bonds. The number of halogens is 7. The van der Waals surface area contributed by atoms with Crippen LogP contribution in [0.4, 0.5) is 30.7 Å². The Balaban J connectivity index is 2.61. The number of nitrogens with zero attached hydrogens (tertiary/aromatic N) is 1. The molecule has 0 aromatic rings. The predicted molar refractivity (Wildman–Crippen MR) is 53.9 cm³/mol. The van der Waals surface area contributed by atoms with Crippen molar-refractivity contribution in [2.75, 3.05) is 32.8 Å². The van der Waals surface area contributed by atoms with Crippen LogP contribution in [0.15, 0.2) is 0 Å². The highest BCUT2D eigenvalue weighted by Crippen LogP contribution is 2.47. The molecule has 1 rings (SSSR count). The highest BCUT2D eigenvalue weighted by molar-refractivity contribution is 5.70. The number of alkyl halides is 7. The summed E-state index contributed by atoms with van der Waals surface area (Å²) in [6.45, 7) is 1.24. The molecule has 1 saturated heterocycles. The van der Waals surface area contributed by atoms with Gasteiger partial charge in [0.25, 0.3) is 0 Å². The average molecular weight is 327 g/mol. The van der Waals surface area contributed by atoms with Gasteiger partial charge in [-0.3, -0.25) is 9.69 Å². The highest BCUT2D eigenvalue weighted by atomic mass is 19.4. The van der Waals surface area contributed by atoms with Crippen LogP contribution in [0, 0.1) is 0 Å². The topological polar surface area (TPSA) is 38.8 Å². The summed E-state index contributed by atoms with van der Waals surface area (Å²) in [6, 6.07) is 0. The third kappa shape index (κ3) is 4.43. The second-order valence-electron chi connectivity index (χ2n) is 4.27. The molecular formula is C10H12F7NO3. The fourth-order valence-electron chi connectivity index (χ4n) is 1.56. The minimum Gasteiger partial charge on any atom is -0.412 e. The summed E-state index contributed by atoms with van der Waals surface area (Å²) in [6.07, 6.45) is -13.6. The van der Waals surface area contributed by atoms with Gasteiger partial charge in [0.2, 0.25) is 0 Å². The first-order chi connectivity index (χ1) is 9.47. The van der Waals surface area contributed by atoms with E-state index in [0.29, 0.717) is 26.3 Å². The summed E-state index contributed by atoms with van der Waals surface area (Å²) < 4.78 is 94.0. The standard InChI is InChI=1S/C10H12F7NO3/c11-8(9(12,13)14,10(15,16)17)21-7(19)1-2-18-3-5-20-6-4-18/h1-6H2. The minimum absolute atomic E-state index is 0.145. The molecule has 0 unspecified atom stereocenters. The van der Waals surface area contributed by atoms with Crippen LogP contribution in [0.2, 0.25) is 0 Å². The van der Waals surface area contributed by atoms with Crippen molar-refractivity contribution < 1.29 is 45.0 Å². The van der Waals surface area contributed by atoms with Crippen LogP contribution >= 0.6 is 0 Å². The van der Waals surface area contributed by atoms with Crippen molar-refractivity contribution in [2.45, 2.75) is 24.6 Å². The van der Waals surface area contributed by atoms with Crippen molar-refractivity contribution in [3.05, 3.63) is 0 Å². The summed E-state index contributed by atoms with van der Waals surface area (Å²) in [5.41, 5.74) is 0. The third-order valence-corrected chi connectivity index (χ3v) is 2.72. The van der Waals surface area contributed by atoms with Gasteiger partial charge in [-0.1, -0.05) is 0 Å². The number of carbonyl (C=O) groups is 1. The lowest BCUT2D eigenvalue weighted by molar-refractivity contribution is -0.417. The van der Waals surface area contributed by atoms with Gasteiger partial charge in [0.15, 0.2) is 0 Å². The van der Waals surface area contributed by atoms with Gasteiger partial charge in [0, 0.05) is 19.6 Å². The second-order valence-corrected chi connectivity index (χ2v) is 4.27. The normalized spacial score (nSPS) is 18.6. The number of carbonyl (C=O) groups excluding carboxylic acids is 1. The maximum Gasteiger partial charge on any atom is 0.470 e. The number of esters is 1. The minimum atomic E-state index is -6.40. The first kappa shape index (κ1) is 18.0. The first-order valence-corrected chi connectivity index (χ1v) is 5.81. The molecule has 21 heavy (non-hydrogen) atoms. The lowest BCUT2D eigenvalue weighted by atomic mass is 10.2. The van der Waals surface area contributed by atoms with E-state index < -0.39 is 30.6 Å². The largest absolute Gasteiger partial charge is 0.470 e. The van der Waals surface area contributed by atoms with Crippen molar-refractivity contribution in [3.63, 3.8) is 0 Å². The van der Waals surface area contributed by atoms with Gasteiger partial charge < -0.3 is 9.47 Å². The molecule has 4 nitrogen and oxygen atoms in total. The number of morpholine rings is 1.